The molecule has 0 spiro atoms. The molecule has 0 heterocycles. The summed E-state index contributed by atoms with van der Waals surface area (Å²) in [5.41, 5.74) is -0.428. The largest absolute Gasteiger partial charge is 0.300 e. The van der Waals surface area contributed by atoms with Crippen molar-refractivity contribution in [2.24, 2.45) is 11.8 Å². The number of rotatable bonds is 10. The number of nitriles is 1. The third kappa shape index (κ3) is 9.02. The van der Waals surface area contributed by atoms with Crippen LogP contribution in [0.25, 0.3) is 0 Å². The summed E-state index contributed by atoms with van der Waals surface area (Å²) >= 11 is 0. The first-order valence-corrected chi connectivity index (χ1v) is 7.71. The second kappa shape index (κ2) is 9.34. The van der Waals surface area contributed by atoms with E-state index in [0.29, 0.717) is 11.8 Å². The minimum Gasteiger partial charge on any atom is -0.300 e. The average Bonchev–Trinajstić information content (AvgIpc) is 2.32. The van der Waals surface area contributed by atoms with Crippen LogP contribution in [-0.4, -0.2) is 36.6 Å². The van der Waals surface area contributed by atoms with Crippen molar-refractivity contribution in [2.45, 2.75) is 59.9 Å². The first kappa shape index (κ1) is 18.4. The minimum absolute atomic E-state index is 0.428. The first-order valence-electron chi connectivity index (χ1n) is 7.71. The zero-order valence-corrected chi connectivity index (χ0v) is 13.8. The summed E-state index contributed by atoms with van der Waals surface area (Å²) in [4.78, 5) is 2.45. The highest BCUT2D eigenvalue weighted by Crippen LogP contribution is 2.11. The number of nitrogens with zero attached hydrogens (tertiary/aromatic N) is 2. The molecule has 3 nitrogen and oxygen atoms in total. The summed E-state index contributed by atoms with van der Waals surface area (Å²) in [5.74, 6) is 1.43. The van der Waals surface area contributed by atoms with Gasteiger partial charge in [-0.05, 0) is 51.2 Å². The van der Waals surface area contributed by atoms with Gasteiger partial charge in [0, 0.05) is 6.54 Å². The molecule has 19 heavy (non-hydrogen) atoms. The maximum atomic E-state index is 9.38. The summed E-state index contributed by atoms with van der Waals surface area (Å²) < 4.78 is 0. The van der Waals surface area contributed by atoms with Crippen molar-refractivity contribution in [2.75, 3.05) is 26.2 Å². The Hall–Kier alpha value is -0.590. The van der Waals surface area contributed by atoms with Crippen LogP contribution in [0.1, 0.15) is 54.4 Å². The summed E-state index contributed by atoms with van der Waals surface area (Å²) in [6.45, 7) is 16.9. The monoisotopic (exact) mass is 267 g/mol. The zero-order chi connectivity index (χ0) is 14.9. The highest BCUT2D eigenvalue weighted by molar-refractivity contribution is 5.05. The molecule has 0 amide bonds. The molecule has 1 N–H and O–H groups in total. The van der Waals surface area contributed by atoms with Crippen molar-refractivity contribution < 1.29 is 0 Å². The molecule has 0 saturated heterocycles. The topological polar surface area (TPSA) is 39.1 Å². The van der Waals surface area contributed by atoms with Crippen molar-refractivity contribution >= 4 is 0 Å². The van der Waals surface area contributed by atoms with Gasteiger partial charge in [0.25, 0.3) is 0 Å². The van der Waals surface area contributed by atoms with Crippen LogP contribution in [0.3, 0.4) is 0 Å². The fourth-order valence-corrected chi connectivity index (χ4v) is 2.12. The van der Waals surface area contributed by atoms with Crippen LogP contribution in [0.15, 0.2) is 0 Å². The average molecular weight is 267 g/mol. The zero-order valence-electron chi connectivity index (χ0n) is 13.8. The van der Waals surface area contributed by atoms with Crippen molar-refractivity contribution in [3.05, 3.63) is 0 Å². The summed E-state index contributed by atoms with van der Waals surface area (Å²) in [7, 11) is 0. The van der Waals surface area contributed by atoms with E-state index in [1.54, 1.807) is 0 Å². The SMILES string of the molecule is CCNC(C)(C#N)CN(CCC(C)C)CCC(C)C. The van der Waals surface area contributed by atoms with Crippen molar-refractivity contribution in [1.29, 1.82) is 5.26 Å². The lowest BCUT2D eigenvalue weighted by Gasteiger charge is -2.32. The summed E-state index contributed by atoms with van der Waals surface area (Å²) in [6, 6.07) is 2.43. The lowest BCUT2D eigenvalue weighted by molar-refractivity contribution is 0.201. The molecule has 0 aromatic rings. The van der Waals surface area contributed by atoms with Gasteiger partial charge in [-0.15, -0.1) is 0 Å². The van der Waals surface area contributed by atoms with Crippen LogP contribution in [0.4, 0.5) is 0 Å². The molecule has 0 fully saturated rings. The molecule has 0 aliphatic rings. The van der Waals surface area contributed by atoms with Crippen LogP contribution in [0.2, 0.25) is 0 Å². The number of hydrogen-bond donors (Lipinski definition) is 1. The predicted octanol–water partition coefficient (Wildman–Crippen LogP) is 3.27. The van der Waals surface area contributed by atoms with E-state index in [-0.39, 0.29) is 0 Å². The molecule has 1 unspecified atom stereocenters. The Labute approximate surface area is 120 Å². The predicted molar refractivity (Wildman–Crippen MR) is 83.0 cm³/mol. The molecule has 1 atom stereocenters. The van der Waals surface area contributed by atoms with Gasteiger partial charge in [0.1, 0.15) is 5.54 Å². The third-order valence-corrected chi connectivity index (χ3v) is 3.40. The second-order valence-corrected chi connectivity index (χ2v) is 6.62. The maximum absolute atomic E-state index is 9.38. The Morgan fingerprint density at radius 3 is 1.89 bits per heavy atom. The van der Waals surface area contributed by atoms with Gasteiger partial charge >= 0.3 is 0 Å². The molecule has 0 saturated carbocycles. The molecule has 0 aromatic carbocycles. The van der Waals surface area contributed by atoms with E-state index in [0.717, 1.165) is 26.2 Å². The summed E-state index contributed by atoms with van der Waals surface area (Å²) in [6.07, 6.45) is 2.40. The Bertz CT molecular complexity index is 256. The third-order valence-electron chi connectivity index (χ3n) is 3.40. The fourth-order valence-electron chi connectivity index (χ4n) is 2.12. The fraction of sp³-hybridized carbons (Fsp3) is 0.938. The van der Waals surface area contributed by atoms with E-state index < -0.39 is 5.54 Å². The standard InChI is InChI=1S/C16H33N3/c1-7-18-16(6,12-17)13-19(10-8-14(2)3)11-9-15(4)5/h14-15,18H,7-11,13H2,1-6H3. The molecule has 3 heteroatoms. The molecule has 0 aromatic heterocycles. The molecule has 0 aliphatic carbocycles. The van der Waals surface area contributed by atoms with Gasteiger partial charge in [-0.2, -0.15) is 5.26 Å². The van der Waals surface area contributed by atoms with E-state index in [1.165, 1.54) is 12.8 Å². The van der Waals surface area contributed by atoms with Crippen LogP contribution >= 0.6 is 0 Å². The van der Waals surface area contributed by atoms with Crippen LogP contribution in [0, 0.1) is 23.2 Å². The Balaban J connectivity index is 4.49. The molecule has 0 radical (unpaired) electrons. The lowest BCUT2D eigenvalue weighted by atomic mass is 10.0. The van der Waals surface area contributed by atoms with Gasteiger partial charge in [-0.25, -0.2) is 0 Å². The Morgan fingerprint density at radius 2 is 1.58 bits per heavy atom. The van der Waals surface area contributed by atoms with Crippen LogP contribution in [0.5, 0.6) is 0 Å². The van der Waals surface area contributed by atoms with Crippen LogP contribution < -0.4 is 5.32 Å². The molecular formula is C16H33N3. The van der Waals surface area contributed by atoms with E-state index in [4.69, 9.17) is 0 Å². The smallest absolute Gasteiger partial charge is 0.116 e. The van der Waals surface area contributed by atoms with Gasteiger partial charge < -0.3 is 4.90 Å². The van der Waals surface area contributed by atoms with Crippen LogP contribution in [-0.2, 0) is 0 Å². The molecule has 112 valence electrons. The van der Waals surface area contributed by atoms with Crippen molar-refractivity contribution in [1.82, 2.24) is 10.2 Å². The van der Waals surface area contributed by atoms with Gasteiger partial charge in [0.15, 0.2) is 0 Å². The maximum Gasteiger partial charge on any atom is 0.116 e. The van der Waals surface area contributed by atoms with Gasteiger partial charge in [0.2, 0.25) is 0 Å². The number of hydrogen-bond acceptors (Lipinski definition) is 3. The normalized spacial score (nSPS) is 14.9. The highest BCUT2D eigenvalue weighted by atomic mass is 15.2. The van der Waals surface area contributed by atoms with Crippen molar-refractivity contribution in [3.8, 4) is 6.07 Å². The molecule has 0 aliphatic heterocycles. The van der Waals surface area contributed by atoms with Crippen molar-refractivity contribution in [3.63, 3.8) is 0 Å². The lowest BCUT2D eigenvalue weighted by Crippen LogP contribution is -2.51. The Kier molecular flexibility index (Phi) is 9.05. The Morgan fingerprint density at radius 1 is 1.11 bits per heavy atom. The van der Waals surface area contributed by atoms with E-state index in [9.17, 15) is 5.26 Å². The van der Waals surface area contributed by atoms with Gasteiger partial charge in [-0.3, -0.25) is 5.32 Å². The second-order valence-electron chi connectivity index (χ2n) is 6.62. The van der Waals surface area contributed by atoms with E-state index >= 15 is 0 Å². The quantitative estimate of drug-likeness (QED) is 0.660. The minimum atomic E-state index is -0.428. The molecular weight excluding hydrogens is 234 g/mol. The van der Waals surface area contributed by atoms with Gasteiger partial charge in [0.05, 0.1) is 6.07 Å². The van der Waals surface area contributed by atoms with Gasteiger partial charge in [-0.1, -0.05) is 34.6 Å². The highest BCUT2D eigenvalue weighted by Gasteiger charge is 2.25. The first-order chi connectivity index (χ1) is 8.83. The van der Waals surface area contributed by atoms with E-state index in [2.05, 4.69) is 50.9 Å². The number of nitrogens with one attached hydrogen (secondary N) is 1. The number of likely N-dealkylation sites (N-methyl/N-ethyl adjacent to an activating group) is 1. The molecule has 0 rings (SSSR count). The summed E-state index contributed by atoms with van der Waals surface area (Å²) in [5, 5.41) is 12.7. The molecule has 0 bridgehead atoms. The van der Waals surface area contributed by atoms with E-state index in [1.807, 2.05) is 6.92 Å².